The molecule has 3 fully saturated rings. The highest BCUT2D eigenvalue weighted by atomic mass is 19.2. The molecule has 2 aliphatic heterocycles. The van der Waals surface area contributed by atoms with Gasteiger partial charge in [0.25, 0.3) is 0 Å². The van der Waals surface area contributed by atoms with Gasteiger partial charge < -0.3 is 19.7 Å². The zero-order valence-electron chi connectivity index (χ0n) is 14.5. The lowest BCUT2D eigenvalue weighted by Crippen LogP contribution is -2.68. The van der Waals surface area contributed by atoms with Gasteiger partial charge in [-0.1, -0.05) is 0 Å². The second-order valence-corrected chi connectivity index (χ2v) is 7.51. The molecule has 0 bridgehead atoms. The fraction of sp³-hybridized carbons (Fsp3) is 0.556. The number of rotatable bonds is 4. The minimum absolute atomic E-state index is 0.0160. The average molecular weight is 384 g/mol. The lowest BCUT2D eigenvalue weighted by Gasteiger charge is -2.47. The van der Waals surface area contributed by atoms with Gasteiger partial charge in [-0.3, -0.25) is 4.79 Å². The summed E-state index contributed by atoms with van der Waals surface area (Å²) in [6.45, 7) is 1.06. The Balaban J connectivity index is 1.17. The summed E-state index contributed by atoms with van der Waals surface area (Å²) in [4.78, 5) is 24.9. The molecule has 1 spiro atoms. The maximum absolute atomic E-state index is 13.5. The van der Waals surface area contributed by atoms with E-state index in [1.807, 2.05) is 0 Å². The molecule has 4 rings (SSSR count). The fourth-order valence-corrected chi connectivity index (χ4v) is 3.78. The number of nitrogens with zero attached hydrogens (tertiary/aromatic N) is 1. The number of nitrogens with one attached hydrogen (secondary N) is 1. The summed E-state index contributed by atoms with van der Waals surface area (Å²) < 4.78 is 50.2. The van der Waals surface area contributed by atoms with Crippen LogP contribution in [-0.4, -0.2) is 48.2 Å². The largest absolute Gasteiger partial charge is 0.490 e. The van der Waals surface area contributed by atoms with E-state index in [0.717, 1.165) is 18.6 Å². The molecular formula is C18H19F3N2O4. The van der Waals surface area contributed by atoms with Crippen LogP contribution < -0.4 is 10.1 Å². The van der Waals surface area contributed by atoms with Gasteiger partial charge in [-0.15, -0.1) is 0 Å². The summed E-state index contributed by atoms with van der Waals surface area (Å²) in [5, 5.41) is 2.90. The highest BCUT2D eigenvalue weighted by molar-refractivity contribution is 5.81. The third-order valence-corrected chi connectivity index (χ3v) is 5.41. The predicted molar refractivity (Wildman–Crippen MR) is 86.5 cm³/mol. The van der Waals surface area contributed by atoms with Crippen molar-refractivity contribution in [1.29, 1.82) is 0 Å². The van der Waals surface area contributed by atoms with E-state index < -0.39 is 23.5 Å². The van der Waals surface area contributed by atoms with E-state index in [1.54, 1.807) is 4.90 Å². The van der Waals surface area contributed by atoms with Gasteiger partial charge in [-0.2, -0.15) is 4.39 Å². The van der Waals surface area contributed by atoms with Crippen LogP contribution in [-0.2, 0) is 9.53 Å². The Morgan fingerprint density at radius 3 is 2.63 bits per heavy atom. The number of likely N-dealkylation sites (tertiary alicyclic amines) is 1. The van der Waals surface area contributed by atoms with Gasteiger partial charge in [0.15, 0.2) is 17.4 Å². The van der Waals surface area contributed by atoms with Crippen LogP contribution in [0.25, 0.3) is 0 Å². The summed E-state index contributed by atoms with van der Waals surface area (Å²) in [7, 11) is 0. The lowest BCUT2D eigenvalue weighted by molar-refractivity contribution is -0.120. The van der Waals surface area contributed by atoms with Crippen LogP contribution in [0.5, 0.6) is 5.75 Å². The molecule has 2 amide bonds. The molecule has 1 aromatic rings. The summed E-state index contributed by atoms with van der Waals surface area (Å²) in [5.41, 5.74) is -0.277. The third kappa shape index (κ3) is 3.42. The minimum atomic E-state index is -1.56. The van der Waals surface area contributed by atoms with Crippen molar-refractivity contribution in [3.63, 3.8) is 0 Å². The number of hydrogen-bond acceptors (Lipinski definition) is 4. The van der Waals surface area contributed by atoms with Gasteiger partial charge in [-0.05, 0) is 37.3 Å². The Hall–Kier alpha value is -2.45. The van der Waals surface area contributed by atoms with Crippen LogP contribution in [0.4, 0.5) is 18.0 Å². The van der Waals surface area contributed by atoms with Crippen molar-refractivity contribution in [3.05, 3.63) is 29.6 Å². The van der Waals surface area contributed by atoms with E-state index in [2.05, 4.69) is 5.32 Å². The second kappa shape index (κ2) is 6.61. The monoisotopic (exact) mass is 384 g/mol. The molecule has 146 valence electrons. The molecule has 1 N–H and O–H groups in total. The first-order valence-electron chi connectivity index (χ1n) is 8.88. The van der Waals surface area contributed by atoms with Crippen LogP contribution in [0.3, 0.4) is 0 Å². The van der Waals surface area contributed by atoms with Crippen molar-refractivity contribution >= 4 is 12.0 Å². The minimum Gasteiger partial charge on any atom is -0.490 e. The zero-order valence-corrected chi connectivity index (χ0v) is 14.5. The molecule has 2 heterocycles. The topological polar surface area (TPSA) is 67.9 Å². The van der Waals surface area contributed by atoms with Crippen molar-refractivity contribution < 1.29 is 32.2 Å². The fourth-order valence-electron chi connectivity index (χ4n) is 3.78. The van der Waals surface area contributed by atoms with Crippen molar-refractivity contribution in [2.24, 2.45) is 5.92 Å². The summed E-state index contributed by atoms with van der Waals surface area (Å²) in [6.07, 6.45) is 1.71. The Labute approximate surface area is 153 Å². The zero-order chi connectivity index (χ0) is 19.2. The maximum atomic E-state index is 13.5. The SMILES string of the molecule is O=C1CCC2(CN(C(=O)O[C@H]3C[C@@H](COc4ccc(F)c(F)c4F)C3)C2)N1. The molecule has 1 saturated carbocycles. The first-order valence-corrected chi connectivity index (χ1v) is 8.88. The van der Waals surface area contributed by atoms with Crippen molar-refractivity contribution in [2.75, 3.05) is 19.7 Å². The Morgan fingerprint density at radius 2 is 1.96 bits per heavy atom. The molecule has 0 atom stereocenters. The Morgan fingerprint density at radius 1 is 1.22 bits per heavy atom. The van der Waals surface area contributed by atoms with Crippen LogP contribution in [0.15, 0.2) is 12.1 Å². The average Bonchev–Trinajstić information content (AvgIpc) is 2.97. The summed E-state index contributed by atoms with van der Waals surface area (Å²) >= 11 is 0. The van der Waals surface area contributed by atoms with E-state index in [0.29, 0.717) is 32.4 Å². The molecule has 1 aliphatic carbocycles. The number of hydrogen-bond donors (Lipinski definition) is 1. The van der Waals surface area contributed by atoms with Gasteiger partial charge in [-0.25, -0.2) is 13.6 Å². The molecule has 27 heavy (non-hydrogen) atoms. The van der Waals surface area contributed by atoms with Crippen molar-refractivity contribution in [2.45, 2.75) is 37.3 Å². The Kier molecular flexibility index (Phi) is 4.39. The highest BCUT2D eigenvalue weighted by Gasteiger charge is 2.50. The number of halogens is 3. The van der Waals surface area contributed by atoms with Gasteiger partial charge in [0, 0.05) is 19.5 Å². The van der Waals surface area contributed by atoms with Crippen LogP contribution in [0.2, 0.25) is 0 Å². The number of carbonyl (C=O) groups excluding carboxylic acids is 2. The number of benzene rings is 1. The Bertz CT molecular complexity index is 776. The molecule has 0 aromatic heterocycles. The number of amides is 2. The van der Waals surface area contributed by atoms with Gasteiger partial charge >= 0.3 is 6.09 Å². The molecule has 1 aromatic carbocycles. The van der Waals surface area contributed by atoms with E-state index in [-0.39, 0.29) is 35.8 Å². The first-order chi connectivity index (χ1) is 12.8. The normalized spacial score (nSPS) is 25.6. The molecule has 9 heteroatoms. The van der Waals surface area contributed by atoms with E-state index in [4.69, 9.17) is 9.47 Å². The van der Waals surface area contributed by atoms with Gasteiger partial charge in [0.05, 0.1) is 12.1 Å². The van der Waals surface area contributed by atoms with E-state index in [9.17, 15) is 22.8 Å². The lowest BCUT2D eigenvalue weighted by atomic mass is 9.83. The molecule has 3 aliphatic rings. The summed E-state index contributed by atoms with van der Waals surface area (Å²) in [6, 6.07) is 1.86. The van der Waals surface area contributed by atoms with Crippen LogP contribution >= 0.6 is 0 Å². The third-order valence-electron chi connectivity index (χ3n) is 5.41. The second-order valence-electron chi connectivity index (χ2n) is 7.51. The standard InChI is InChI=1S/C18H19F3N2O4/c19-12-1-2-13(16(21)15(12)20)26-7-10-5-11(6-10)27-17(25)23-8-18(9-23)4-3-14(24)22-18/h1-2,10-11H,3-9H2,(H,22,24)/t10-,11+. The highest BCUT2D eigenvalue weighted by Crippen LogP contribution is 2.34. The van der Waals surface area contributed by atoms with Gasteiger partial charge in [0.1, 0.15) is 6.10 Å². The van der Waals surface area contributed by atoms with Crippen LogP contribution in [0.1, 0.15) is 25.7 Å². The quantitative estimate of drug-likeness (QED) is 0.810. The first kappa shape index (κ1) is 17.9. The number of ether oxygens (including phenoxy) is 2. The van der Waals surface area contributed by atoms with E-state index >= 15 is 0 Å². The molecule has 6 nitrogen and oxygen atoms in total. The maximum Gasteiger partial charge on any atom is 0.410 e. The van der Waals surface area contributed by atoms with E-state index in [1.165, 1.54) is 0 Å². The number of carbonyl (C=O) groups is 2. The molecule has 0 unspecified atom stereocenters. The predicted octanol–water partition coefficient (Wildman–Crippen LogP) is 2.36. The molecule has 2 saturated heterocycles. The van der Waals surface area contributed by atoms with Crippen molar-refractivity contribution in [1.82, 2.24) is 10.2 Å². The van der Waals surface area contributed by atoms with Crippen LogP contribution in [0, 0.1) is 23.4 Å². The summed E-state index contributed by atoms with van der Waals surface area (Å²) in [5.74, 6) is -4.43. The smallest absolute Gasteiger partial charge is 0.410 e. The van der Waals surface area contributed by atoms with Crippen molar-refractivity contribution in [3.8, 4) is 5.75 Å². The molecular weight excluding hydrogens is 365 g/mol. The van der Waals surface area contributed by atoms with Gasteiger partial charge in [0.2, 0.25) is 11.7 Å². The molecule has 0 radical (unpaired) electrons.